The summed E-state index contributed by atoms with van der Waals surface area (Å²) in [6.45, 7) is 8.63. The lowest BCUT2D eigenvalue weighted by Gasteiger charge is -2.21. The monoisotopic (exact) mass is 287 g/mol. The zero-order valence-corrected chi connectivity index (χ0v) is 13.4. The van der Waals surface area contributed by atoms with E-state index in [2.05, 4.69) is 62.1 Å². The minimum absolute atomic E-state index is 0.0534. The Morgan fingerprint density at radius 3 is 2.48 bits per heavy atom. The maximum Gasteiger partial charge on any atom is 0.228 e. The normalized spacial score (nSPS) is 13.4. The van der Waals surface area contributed by atoms with Crippen molar-refractivity contribution in [1.82, 2.24) is 10.1 Å². The Bertz CT molecular complexity index is 566. The molecule has 0 bridgehead atoms. The first-order valence-corrected chi connectivity index (χ1v) is 7.44. The molecule has 0 aliphatic heterocycles. The van der Waals surface area contributed by atoms with Crippen LogP contribution in [0.2, 0.25) is 0 Å². The fourth-order valence-corrected chi connectivity index (χ4v) is 2.42. The van der Waals surface area contributed by atoms with Crippen LogP contribution in [0.5, 0.6) is 0 Å². The Morgan fingerprint density at radius 2 is 1.86 bits per heavy atom. The Balaban J connectivity index is 1.93. The van der Waals surface area contributed by atoms with E-state index in [0.29, 0.717) is 18.7 Å². The largest absolute Gasteiger partial charge is 0.339 e. The van der Waals surface area contributed by atoms with Gasteiger partial charge in [0, 0.05) is 18.9 Å². The molecule has 2 rings (SSSR count). The van der Waals surface area contributed by atoms with E-state index in [-0.39, 0.29) is 11.5 Å². The van der Waals surface area contributed by atoms with Gasteiger partial charge in [-0.1, -0.05) is 55.8 Å². The SMILES string of the molecule is Cc1ccc(Cc2noc(CC(N)CC(C)(C)C)n2)cc1. The van der Waals surface area contributed by atoms with Crippen LogP contribution in [0.3, 0.4) is 0 Å². The van der Waals surface area contributed by atoms with E-state index in [1.54, 1.807) is 0 Å². The molecule has 0 aliphatic carbocycles. The highest BCUT2D eigenvalue weighted by molar-refractivity contribution is 5.23. The lowest BCUT2D eigenvalue weighted by atomic mass is 9.87. The lowest BCUT2D eigenvalue weighted by Crippen LogP contribution is -2.28. The first-order valence-electron chi connectivity index (χ1n) is 7.44. The highest BCUT2D eigenvalue weighted by atomic mass is 16.5. The predicted octanol–water partition coefficient (Wildman–Crippen LogP) is 3.27. The van der Waals surface area contributed by atoms with Crippen LogP contribution in [0.15, 0.2) is 28.8 Å². The molecule has 0 saturated carbocycles. The van der Waals surface area contributed by atoms with Gasteiger partial charge in [-0.15, -0.1) is 0 Å². The number of hydrogen-bond donors (Lipinski definition) is 1. The molecular formula is C17H25N3O. The third kappa shape index (κ3) is 5.31. The van der Waals surface area contributed by atoms with E-state index >= 15 is 0 Å². The number of nitrogens with zero attached hydrogens (tertiary/aromatic N) is 2. The molecule has 1 atom stereocenters. The standard InChI is InChI=1S/C17H25N3O/c1-12-5-7-13(8-6-12)9-15-19-16(21-20-15)10-14(18)11-17(2,3)4/h5-8,14H,9-11,18H2,1-4H3. The van der Waals surface area contributed by atoms with Crippen molar-refractivity contribution in [2.24, 2.45) is 11.1 Å². The smallest absolute Gasteiger partial charge is 0.228 e. The molecular weight excluding hydrogens is 262 g/mol. The van der Waals surface area contributed by atoms with Gasteiger partial charge in [0.1, 0.15) is 0 Å². The first-order chi connectivity index (χ1) is 9.82. The molecule has 0 fully saturated rings. The maximum atomic E-state index is 6.14. The van der Waals surface area contributed by atoms with Crippen molar-refractivity contribution in [3.05, 3.63) is 47.1 Å². The van der Waals surface area contributed by atoms with Gasteiger partial charge in [0.05, 0.1) is 0 Å². The second kappa shape index (κ2) is 6.39. The van der Waals surface area contributed by atoms with Crippen LogP contribution in [0.1, 0.15) is 50.0 Å². The second-order valence-electron chi connectivity index (χ2n) is 7.00. The molecule has 0 amide bonds. The lowest BCUT2D eigenvalue weighted by molar-refractivity contribution is 0.312. The fourth-order valence-electron chi connectivity index (χ4n) is 2.42. The van der Waals surface area contributed by atoms with Crippen LogP contribution in [0, 0.1) is 12.3 Å². The molecule has 4 heteroatoms. The molecule has 0 radical (unpaired) electrons. The molecule has 1 heterocycles. The molecule has 4 nitrogen and oxygen atoms in total. The van der Waals surface area contributed by atoms with Crippen molar-refractivity contribution >= 4 is 0 Å². The summed E-state index contributed by atoms with van der Waals surface area (Å²) in [6, 6.07) is 8.43. The molecule has 1 aromatic carbocycles. The zero-order chi connectivity index (χ0) is 15.5. The third-order valence-electron chi connectivity index (χ3n) is 3.30. The third-order valence-corrected chi connectivity index (χ3v) is 3.30. The number of rotatable bonds is 5. The summed E-state index contributed by atoms with van der Waals surface area (Å²) < 4.78 is 5.30. The van der Waals surface area contributed by atoms with E-state index < -0.39 is 0 Å². The number of aryl methyl sites for hydroxylation is 1. The van der Waals surface area contributed by atoms with E-state index in [0.717, 1.165) is 12.2 Å². The quantitative estimate of drug-likeness (QED) is 0.916. The van der Waals surface area contributed by atoms with Crippen LogP contribution >= 0.6 is 0 Å². The van der Waals surface area contributed by atoms with Crippen LogP contribution < -0.4 is 5.73 Å². The Labute approximate surface area is 126 Å². The minimum atomic E-state index is 0.0534. The molecule has 21 heavy (non-hydrogen) atoms. The number of hydrogen-bond acceptors (Lipinski definition) is 4. The Morgan fingerprint density at radius 1 is 1.19 bits per heavy atom. The van der Waals surface area contributed by atoms with E-state index in [9.17, 15) is 0 Å². The maximum absolute atomic E-state index is 6.14. The van der Waals surface area contributed by atoms with Gasteiger partial charge in [-0.25, -0.2) is 0 Å². The minimum Gasteiger partial charge on any atom is -0.339 e. The predicted molar refractivity (Wildman–Crippen MR) is 84.0 cm³/mol. The molecule has 2 N–H and O–H groups in total. The fraction of sp³-hybridized carbons (Fsp3) is 0.529. The number of benzene rings is 1. The summed E-state index contributed by atoms with van der Waals surface area (Å²) >= 11 is 0. The second-order valence-corrected chi connectivity index (χ2v) is 7.00. The zero-order valence-electron chi connectivity index (χ0n) is 13.4. The molecule has 2 aromatic rings. The van der Waals surface area contributed by atoms with Gasteiger partial charge < -0.3 is 10.3 Å². The van der Waals surface area contributed by atoms with Crippen LogP contribution in [-0.2, 0) is 12.8 Å². The summed E-state index contributed by atoms with van der Waals surface area (Å²) in [4.78, 5) is 4.44. The average Bonchev–Trinajstić information content (AvgIpc) is 2.77. The van der Waals surface area contributed by atoms with Gasteiger partial charge in [0.25, 0.3) is 0 Å². The van der Waals surface area contributed by atoms with Crippen molar-refractivity contribution in [1.29, 1.82) is 0 Å². The molecule has 1 aromatic heterocycles. The van der Waals surface area contributed by atoms with Gasteiger partial charge in [0.15, 0.2) is 5.82 Å². The molecule has 0 spiro atoms. The van der Waals surface area contributed by atoms with Gasteiger partial charge in [-0.2, -0.15) is 4.98 Å². The van der Waals surface area contributed by atoms with Crippen molar-refractivity contribution < 1.29 is 4.52 Å². The Kier molecular flexibility index (Phi) is 4.78. The average molecular weight is 287 g/mol. The van der Waals surface area contributed by atoms with Gasteiger partial charge in [-0.05, 0) is 24.3 Å². The van der Waals surface area contributed by atoms with E-state index in [4.69, 9.17) is 10.3 Å². The Hall–Kier alpha value is -1.68. The highest BCUT2D eigenvalue weighted by Gasteiger charge is 2.18. The molecule has 0 aliphatic rings. The highest BCUT2D eigenvalue weighted by Crippen LogP contribution is 2.21. The van der Waals surface area contributed by atoms with Crippen molar-refractivity contribution in [3.63, 3.8) is 0 Å². The topological polar surface area (TPSA) is 64.9 Å². The molecule has 114 valence electrons. The van der Waals surface area contributed by atoms with Crippen molar-refractivity contribution in [2.45, 2.75) is 53.0 Å². The summed E-state index contributed by atoms with van der Waals surface area (Å²) in [5, 5.41) is 4.04. The van der Waals surface area contributed by atoms with Crippen molar-refractivity contribution in [3.8, 4) is 0 Å². The van der Waals surface area contributed by atoms with E-state index in [1.165, 1.54) is 11.1 Å². The van der Waals surface area contributed by atoms with Gasteiger partial charge in [-0.3, -0.25) is 0 Å². The first kappa shape index (κ1) is 15.7. The number of aromatic nitrogens is 2. The summed E-state index contributed by atoms with van der Waals surface area (Å²) in [7, 11) is 0. The van der Waals surface area contributed by atoms with E-state index in [1.807, 2.05) is 0 Å². The van der Waals surface area contributed by atoms with Crippen LogP contribution in [0.25, 0.3) is 0 Å². The summed E-state index contributed by atoms with van der Waals surface area (Å²) in [6.07, 6.45) is 2.26. The van der Waals surface area contributed by atoms with Crippen LogP contribution in [0.4, 0.5) is 0 Å². The molecule has 1 unspecified atom stereocenters. The van der Waals surface area contributed by atoms with Gasteiger partial charge in [0.2, 0.25) is 5.89 Å². The van der Waals surface area contributed by atoms with Crippen LogP contribution in [-0.4, -0.2) is 16.2 Å². The van der Waals surface area contributed by atoms with Gasteiger partial charge >= 0.3 is 0 Å². The summed E-state index contributed by atoms with van der Waals surface area (Å²) in [5.41, 5.74) is 8.79. The molecule has 0 saturated heterocycles. The summed E-state index contributed by atoms with van der Waals surface area (Å²) in [5.74, 6) is 1.35. The number of nitrogens with two attached hydrogens (primary N) is 1. The van der Waals surface area contributed by atoms with Crippen molar-refractivity contribution in [2.75, 3.05) is 0 Å².